The van der Waals surface area contributed by atoms with Gasteiger partial charge >= 0.3 is 0 Å². The third kappa shape index (κ3) is 7.33. The Kier molecular flexibility index (Phi) is 5.82. The van der Waals surface area contributed by atoms with Gasteiger partial charge in [0.1, 0.15) is 9.84 Å². The minimum Gasteiger partial charge on any atom is -0.351 e. The van der Waals surface area contributed by atoms with Crippen LogP contribution >= 0.6 is 0 Å². The van der Waals surface area contributed by atoms with Crippen LogP contribution < -0.4 is 11.1 Å². The van der Waals surface area contributed by atoms with Crippen molar-refractivity contribution in [2.75, 3.05) is 12.0 Å². The molecule has 6 heteroatoms. The number of sulfone groups is 1. The Balaban J connectivity index is 4.07. The maximum absolute atomic E-state index is 11.4. The van der Waals surface area contributed by atoms with Crippen molar-refractivity contribution in [3.8, 4) is 0 Å². The predicted octanol–water partition coefficient (Wildman–Crippen LogP) is -0.337. The average molecular weight is 236 g/mol. The van der Waals surface area contributed by atoms with Crippen molar-refractivity contribution >= 4 is 15.7 Å². The van der Waals surface area contributed by atoms with Crippen LogP contribution in [0.5, 0.6) is 0 Å². The van der Waals surface area contributed by atoms with Gasteiger partial charge in [0.2, 0.25) is 5.91 Å². The highest BCUT2D eigenvalue weighted by Crippen LogP contribution is 1.95. The second-order valence-corrected chi connectivity index (χ2v) is 6.08. The standard InChI is InChI=1S/C9H20N2O3S/c1-4-5-8(10)9(12)11-7(2)6-15(3,13)14/h7-8H,4-6,10H2,1-3H3,(H,11,12)/t7?,8-/m0/s1. The molecular formula is C9H20N2O3S. The molecule has 0 fully saturated rings. The normalized spacial score (nSPS) is 15.7. The summed E-state index contributed by atoms with van der Waals surface area (Å²) in [6, 6.07) is -0.938. The summed E-state index contributed by atoms with van der Waals surface area (Å²) in [6.07, 6.45) is 2.58. The van der Waals surface area contributed by atoms with E-state index in [0.29, 0.717) is 6.42 Å². The highest BCUT2D eigenvalue weighted by atomic mass is 32.2. The Morgan fingerprint density at radius 3 is 2.40 bits per heavy atom. The summed E-state index contributed by atoms with van der Waals surface area (Å²) in [6.45, 7) is 3.59. The van der Waals surface area contributed by atoms with Gasteiger partial charge in [-0.15, -0.1) is 0 Å². The van der Waals surface area contributed by atoms with Gasteiger partial charge in [0.25, 0.3) is 0 Å². The van der Waals surface area contributed by atoms with Crippen molar-refractivity contribution in [3.63, 3.8) is 0 Å². The number of hydrogen-bond acceptors (Lipinski definition) is 4. The van der Waals surface area contributed by atoms with Crippen molar-refractivity contribution < 1.29 is 13.2 Å². The van der Waals surface area contributed by atoms with Crippen LogP contribution in [0.3, 0.4) is 0 Å². The van der Waals surface area contributed by atoms with Gasteiger partial charge < -0.3 is 11.1 Å². The molecule has 5 nitrogen and oxygen atoms in total. The van der Waals surface area contributed by atoms with E-state index in [4.69, 9.17) is 5.73 Å². The summed E-state index contributed by atoms with van der Waals surface area (Å²) in [5.74, 6) is -0.342. The van der Waals surface area contributed by atoms with E-state index < -0.39 is 21.9 Å². The summed E-state index contributed by atoms with van der Waals surface area (Å²) in [7, 11) is -3.06. The summed E-state index contributed by atoms with van der Waals surface area (Å²) >= 11 is 0. The van der Waals surface area contributed by atoms with E-state index >= 15 is 0 Å². The van der Waals surface area contributed by atoms with Crippen LogP contribution in [0.1, 0.15) is 26.7 Å². The fraction of sp³-hybridized carbons (Fsp3) is 0.889. The molecule has 0 aliphatic carbocycles. The van der Waals surface area contributed by atoms with Gasteiger partial charge in [-0.05, 0) is 13.3 Å². The van der Waals surface area contributed by atoms with Crippen molar-refractivity contribution in [1.29, 1.82) is 0 Å². The summed E-state index contributed by atoms with van der Waals surface area (Å²) in [5.41, 5.74) is 5.58. The summed E-state index contributed by atoms with van der Waals surface area (Å²) in [5, 5.41) is 2.58. The molecule has 1 amide bonds. The third-order valence-corrected chi connectivity index (χ3v) is 2.98. The van der Waals surface area contributed by atoms with Crippen LogP contribution in [0.15, 0.2) is 0 Å². The molecule has 2 atom stereocenters. The molecule has 0 rings (SSSR count). The van der Waals surface area contributed by atoms with Crippen molar-refractivity contribution in [2.24, 2.45) is 5.73 Å². The van der Waals surface area contributed by atoms with E-state index in [2.05, 4.69) is 5.32 Å². The van der Waals surface area contributed by atoms with Gasteiger partial charge in [0, 0.05) is 12.3 Å². The molecule has 0 bridgehead atoms. The Hall–Kier alpha value is -0.620. The first-order valence-corrected chi connectivity index (χ1v) is 7.06. The molecule has 0 saturated heterocycles. The first-order chi connectivity index (χ1) is 6.76. The number of nitrogens with one attached hydrogen (secondary N) is 1. The Morgan fingerprint density at radius 1 is 1.47 bits per heavy atom. The lowest BCUT2D eigenvalue weighted by molar-refractivity contribution is -0.122. The smallest absolute Gasteiger partial charge is 0.237 e. The Bertz CT molecular complexity index is 300. The molecule has 0 heterocycles. The molecule has 0 aromatic heterocycles. The molecule has 0 aliphatic rings. The van der Waals surface area contributed by atoms with Crippen LogP contribution in [0, 0.1) is 0 Å². The highest BCUT2D eigenvalue weighted by molar-refractivity contribution is 7.90. The molecule has 90 valence electrons. The van der Waals surface area contributed by atoms with Gasteiger partial charge in [-0.1, -0.05) is 13.3 Å². The van der Waals surface area contributed by atoms with Gasteiger partial charge in [-0.25, -0.2) is 8.42 Å². The first-order valence-electron chi connectivity index (χ1n) is 5.00. The second kappa shape index (κ2) is 6.07. The zero-order valence-corrected chi connectivity index (χ0v) is 10.3. The molecular weight excluding hydrogens is 216 g/mol. The lowest BCUT2D eigenvalue weighted by Gasteiger charge is -2.16. The number of hydrogen-bond donors (Lipinski definition) is 2. The molecule has 15 heavy (non-hydrogen) atoms. The minimum absolute atomic E-state index is 0.0580. The van der Waals surface area contributed by atoms with Crippen LogP contribution in [0.25, 0.3) is 0 Å². The number of nitrogens with two attached hydrogens (primary N) is 1. The van der Waals surface area contributed by atoms with E-state index in [1.807, 2.05) is 6.92 Å². The van der Waals surface area contributed by atoms with Gasteiger partial charge in [0.15, 0.2) is 0 Å². The zero-order chi connectivity index (χ0) is 12.1. The quantitative estimate of drug-likeness (QED) is 0.660. The highest BCUT2D eigenvalue weighted by Gasteiger charge is 2.17. The molecule has 0 aromatic rings. The fourth-order valence-electron chi connectivity index (χ4n) is 1.29. The van der Waals surface area contributed by atoms with Crippen molar-refractivity contribution in [2.45, 2.75) is 38.8 Å². The second-order valence-electron chi connectivity index (χ2n) is 3.90. The maximum atomic E-state index is 11.4. The topological polar surface area (TPSA) is 89.3 Å². The number of rotatable bonds is 6. The zero-order valence-electron chi connectivity index (χ0n) is 9.49. The molecule has 3 N–H and O–H groups in total. The molecule has 1 unspecified atom stereocenters. The molecule has 0 saturated carbocycles. The van der Waals surface area contributed by atoms with E-state index in [9.17, 15) is 13.2 Å². The monoisotopic (exact) mass is 236 g/mol. The van der Waals surface area contributed by atoms with E-state index in [0.717, 1.165) is 12.7 Å². The van der Waals surface area contributed by atoms with E-state index in [-0.39, 0.29) is 11.7 Å². The number of carbonyl (C=O) groups is 1. The van der Waals surface area contributed by atoms with Crippen molar-refractivity contribution in [1.82, 2.24) is 5.32 Å². The maximum Gasteiger partial charge on any atom is 0.237 e. The van der Waals surface area contributed by atoms with Crippen LogP contribution in [0.2, 0.25) is 0 Å². The van der Waals surface area contributed by atoms with Gasteiger partial charge in [-0.2, -0.15) is 0 Å². The SMILES string of the molecule is CCC[C@H](N)C(=O)NC(C)CS(C)(=O)=O. The molecule has 0 aliphatic heterocycles. The largest absolute Gasteiger partial charge is 0.351 e. The van der Waals surface area contributed by atoms with Gasteiger partial charge in [-0.3, -0.25) is 4.79 Å². The lowest BCUT2D eigenvalue weighted by Crippen LogP contribution is -2.46. The van der Waals surface area contributed by atoms with Crippen LogP contribution in [0.4, 0.5) is 0 Å². The van der Waals surface area contributed by atoms with Gasteiger partial charge in [0.05, 0.1) is 11.8 Å². The summed E-state index contributed by atoms with van der Waals surface area (Å²) < 4.78 is 21.9. The van der Waals surface area contributed by atoms with Crippen LogP contribution in [-0.4, -0.2) is 38.4 Å². The van der Waals surface area contributed by atoms with Crippen molar-refractivity contribution in [3.05, 3.63) is 0 Å². The summed E-state index contributed by atoms with van der Waals surface area (Å²) in [4.78, 5) is 11.4. The first kappa shape index (κ1) is 14.4. The lowest BCUT2D eigenvalue weighted by atomic mass is 10.1. The number of amides is 1. The Morgan fingerprint density at radius 2 is 2.00 bits per heavy atom. The van der Waals surface area contributed by atoms with E-state index in [1.165, 1.54) is 0 Å². The van der Waals surface area contributed by atoms with E-state index in [1.54, 1.807) is 6.92 Å². The average Bonchev–Trinajstić information content (AvgIpc) is 2.00. The predicted molar refractivity (Wildman–Crippen MR) is 60.2 cm³/mol. The third-order valence-electron chi connectivity index (χ3n) is 1.88. The molecule has 0 radical (unpaired) electrons. The fourth-order valence-corrected chi connectivity index (χ4v) is 2.28. The Labute approximate surface area is 91.3 Å². The molecule has 0 spiro atoms. The van der Waals surface area contributed by atoms with Crippen LogP contribution in [-0.2, 0) is 14.6 Å². The minimum atomic E-state index is -3.06. The molecule has 0 aromatic carbocycles. The number of carbonyl (C=O) groups excluding carboxylic acids is 1.